The average molecular weight is 249 g/mol. The van der Waals surface area contributed by atoms with Crippen LogP contribution in [0, 0.1) is 6.92 Å². The molecule has 1 aromatic carbocycles. The first-order valence-electron chi connectivity index (χ1n) is 5.25. The van der Waals surface area contributed by atoms with Crippen molar-refractivity contribution in [1.29, 1.82) is 0 Å². The van der Waals surface area contributed by atoms with Crippen molar-refractivity contribution in [1.82, 2.24) is 5.32 Å². The molecule has 0 atom stereocenters. The maximum atomic E-state index is 3.19. The van der Waals surface area contributed by atoms with Crippen molar-refractivity contribution in [2.45, 2.75) is 22.6 Å². The quantitative estimate of drug-likeness (QED) is 0.881. The summed E-state index contributed by atoms with van der Waals surface area (Å²) in [6.45, 7) is 3.11. The Bertz CT molecular complexity index is 449. The molecule has 0 radical (unpaired) electrons. The summed E-state index contributed by atoms with van der Waals surface area (Å²) >= 11 is 3.62. The third-order valence-electron chi connectivity index (χ3n) is 2.39. The Kier molecular flexibility index (Phi) is 4.04. The molecule has 0 aliphatic carbocycles. The van der Waals surface area contributed by atoms with Crippen molar-refractivity contribution in [2.75, 3.05) is 7.05 Å². The lowest BCUT2D eigenvalue weighted by atomic mass is 10.1. The molecule has 0 bridgehead atoms. The van der Waals surface area contributed by atoms with Gasteiger partial charge in [0, 0.05) is 11.4 Å². The summed E-state index contributed by atoms with van der Waals surface area (Å²) in [4.78, 5) is 1.32. The van der Waals surface area contributed by atoms with E-state index in [1.165, 1.54) is 20.2 Å². The van der Waals surface area contributed by atoms with Gasteiger partial charge in [0.1, 0.15) is 0 Å². The maximum Gasteiger partial charge on any atom is 0.0646 e. The van der Waals surface area contributed by atoms with E-state index in [0.717, 1.165) is 6.54 Å². The molecule has 0 amide bonds. The van der Waals surface area contributed by atoms with E-state index in [-0.39, 0.29) is 0 Å². The summed E-state index contributed by atoms with van der Waals surface area (Å²) in [5, 5.41) is 5.30. The standard InChI is InChI=1S/C13H15NS2/c1-10-8-12(6-5-11(10)9-14-2)16-13-4-3-7-15-13/h3-8,14H,9H2,1-2H3. The van der Waals surface area contributed by atoms with Crippen molar-refractivity contribution in [2.24, 2.45) is 0 Å². The van der Waals surface area contributed by atoms with Crippen LogP contribution < -0.4 is 5.32 Å². The number of rotatable bonds is 4. The van der Waals surface area contributed by atoms with E-state index in [4.69, 9.17) is 0 Å². The van der Waals surface area contributed by atoms with Gasteiger partial charge in [0.15, 0.2) is 0 Å². The molecule has 16 heavy (non-hydrogen) atoms. The first-order valence-corrected chi connectivity index (χ1v) is 6.94. The molecule has 0 saturated heterocycles. The molecule has 0 saturated carbocycles. The van der Waals surface area contributed by atoms with Gasteiger partial charge in [-0.2, -0.15) is 0 Å². The topological polar surface area (TPSA) is 12.0 Å². The van der Waals surface area contributed by atoms with Crippen molar-refractivity contribution < 1.29 is 0 Å². The summed E-state index contributed by atoms with van der Waals surface area (Å²) in [6, 6.07) is 10.9. The predicted octanol–water partition coefficient (Wildman–Crippen LogP) is 3.93. The van der Waals surface area contributed by atoms with Gasteiger partial charge in [-0.05, 0) is 48.7 Å². The van der Waals surface area contributed by atoms with E-state index < -0.39 is 0 Å². The minimum absolute atomic E-state index is 0.940. The van der Waals surface area contributed by atoms with E-state index >= 15 is 0 Å². The molecule has 0 aliphatic heterocycles. The molecule has 0 spiro atoms. The first kappa shape index (κ1) is 11.7. The molecule has 2 rings (SSSR count). The largest absolute Gasteiger partial charge is 0.316 e. The lowest BCUT2D eigenvalue weighted by molar-refractivity contribution is 0.811. The van der Waals surface area contributed by atoms with Gasteiger partial charge in [0.05, 0.1) is 4.21 Å². The van der Waals surface area contributed by atoms with Gasteiger partial charge < -0.3 is 5.32 Å². The molecular weight excluding hydrogens is 234 g/mol. The van der Waals surface area contributed by atoms with Crippen LogP contribution in [0.15, 0.2) is 44.8 Å². The molecule has 2 aromatic rings. The molecule has 0 unspecified atom stereocenters. The number of nitrogens with one attached hydrogen (secondary N) is 1. The second kappa shape index (κ2) is 5.53. The van der Waals surface area contributed by atoms with Gasteiger partial charge in [0.25, 0.3) is 0 Å². The Labute approximate surface area is 105 Å². The van der Waals surface area contributed by atoms with Crippen molar-refractivity contribution in [3.05, 3.63) is 46.8 Å². The number of thiophene rings is 1. The Morgan fingerprint density at radius 1 is 1.31 bits per heavy atom. The molecule has 0 aliphatic rings. The second-order valence-corrected chi connectivity index (χ2v) is 5.97. The van der Waals surface area contributed by atoms with Gasteiger partial charge in [-0.25, -0.2) is 0 Å². The third-order valence-corrected chi connectivity index (χ3v) is 4.42. The fourth-order valence-corrected chi connectivity index (χ4v) is 3.41. The van der Waals surface area contributed by atoms with Crippen LogP contribution in [0.1, 0.15) is 11.1 Å². The normalized spacial score (nSPS) is 10.6. The zero-order valence-corrected chi connectivity index (χ0v) is 11.1. The van der Waals surface area contributed by atoms with Gasteiger partial charge in [-0.1, -0.05) is 23.9 Å². The molecule has 1 nitrogen and oxygen atoms in total. The van der Waals surface area contributed by atoms with Crippen LogP contribution in [-0.2, 0) is 6.54 Å². The van der Waals surface area contributed by atoms with E-state index in [2.05, 4.69) is 48.0 Å². The van der Waals surface area contributed by atoms with Crippen molar-refractivity contribution >= 4 is 23.1 Å². The Hall–Kier alpha value is -0.770. The first-order chi connectivity index (χ1) is 7.79. The van der Waals surface area contributed by atoms with Crippen LogP contribution in [0.4, 0.5) is 0 Å². The number of hydrogen-bond acceptors (Lipinski definition) is 3. The molecular formula is C13H15NS2. The van der Waals surface area contributed by atoms with Crippen molar-refractivity contribution in [3.8, 4) is 0 Å². The summed E-state index contributed by atoms with van der Waals surface area (Å²) in [5.74, 6) is 0. The smallest absolute Gasteiger partial charge is 0.0646 e. The van der Waals surface area contributed by atoms with Crippen LogP contribution in [0.25, 0.3) is 0 Å². The predicted molar refractivity (Wildman–Crippen MR) is 72.4 cm³/mol. The van der Waals surface area contributed by atoms with Crippen LogP contribution in [-0.4, -0.2) is 7.05 Å². The molecule has 1 aromatic heterocycles. The lowest BCUT2D eigenvalue weighted by Crippen LogP contribution is -2.06. The molecule has 1 N–H and O–H groups in total. The average Bonchev–Trinajstić information content (AvgIpc) is 2.75. The highest BCUT2D eigenvalue weighted by Gasteiger charge is 2.01. The zero-order chi connectivity index (χ0) is 11.4. The summed E-state index contributed by atoms with van der Waals surface area (Å²) < 4.78 is 1.35. The highest BCUT2D eigenvalue weighted by molar-refractivity contribution is 8.01. The molecule has 3 heteroatoms. The maximum absolute atomic E-state index is 3.19. The minimum Gasteiger partial charge on any atom is -0.316 e. The lowest BCUT2D eigenvalue weighted by Gasteiger charge is -2.07. The summed E-state index contributed by atoms with van der Waals surface area (Å²) in [5.41, 5.74) is 2.73. The van der Waals surface area contributed by atoms with Gasteiger partial charge >= 0.3 is 0 Å². The zero-order valence-electron chi connectivity index (χ0n) is 9.49. The fourth-order valence-electron chi connectivity index (χ4n) is 1.56. The van der Waals surface area contributed by atoms with E-state index in [1.807, 2.05) is 18.8 Å². The molecule has 84 valence electrons. The van der Waals surface area contributed by atoms with Crippen LogP contribution >= 0.6 is 23.1 Å². The minimum atomic E-state index is 0.940. The van der Waals surface area contributed by atoms with Crippen LogP contribution in [0.5, 0.6) is 0 Å². The Morgan fingerprint density at radius 2 is 2.19 bits per heavy atom. The van der Waals surface area contributed by atoms with E-state index in [9.17, 15) is 0 Å². The third kappa shape index (κ3) is 2.88. The number of hydrogen-bond donors (Lipinski definition) is 1. The van der Waals surface area contributed by atoms with Gasteiger partial charge in [-0.15, -0.1) is 11.3 Å². The van der Waals surface area contributed by atoms with Crippen LogP contribution in [0.2, 0.25) is 0 Å². The Balaban J connectivity index is 2.15. The second-order valence-electron chi connectivity index (χ2n) is 3.65. The SMILES string of the molecule is CNCc1ccc(Sc2cccs2)cc1C. The van der Waals surface area contributed by atoms with Gasteiger partial charge in [-0.3, -0.25) is 0 Å². The highest BCUT2D eigenvalue weighted by Crippen LogP contribution is 2.32. The fraction of sp³-hybridized carbons (Fsp3) is 0.231. The summed E-state index contributed by atoms with van der Waals surface area (Å²) in [6.07, 6.45) is 0. The Morgan fingerprint density at radius 3 is 2.81 bits per heavy atom. The summed E-state index contributed by atoms with van der Waals surface area (Å²) in [7, 11) is 1.98. The van der Waals surface area contributed by atoms with E-state index in [0.29, 0.717) is 0 Å². The monoisotopic (exact) mass is 249 g/mol. The molecule has 1 heterocycles. The van der Waals surface area contributed by atoms with Crippen molar-refractivity contribution in [3.63, 3.8) is 0 Å². The van der Waals surface area contributed by atoms with Crippen LogP contribution in [0.3, 0.4) is 0 Å². The highest BCUT2D eigenvalue weighted by atomic mass is 32.2. The number of aryl methyl sites for hydroxylation is 1. The number of benzene rings is 1. The molecule has 0 fully saturated rings. The van der Waals surface area contributed by atoms with E-state index in [1.54, 1.807) is 11.3 Å². The van der Waals surface area contributed by atoms with Gasteiger partial charge in [0.2, 0.25) is 0 Å².